The maximum absolute atomic E-state index is 10.6. The molecule has 0 radical (unpaired) electrons. The Kier molecular flexibility index (Phi) is 2.99. The smallest absolute Gasteiger partial charge is 0.210 e. The van der Waals surface area contributed by atoms with Crippen molar-refractivity contribution in [2.45, 2.75) is 6.92 Å². The van der Waals surface area contributed by atoms with Gasteiger partial charge in [0.15, 0.2) is 0 Å². The van der Waals surface area contributed by atoms with E-state index in [2.05, 4.69) is 11.0 Å². The SMILES string of the molecule is C=C(C)CS(=O)(=O)N=C=O. The summed E-state index contributed by atoms with van der Waals surface area (Å²) in [4.78, 5) is 9.50. The molecule has 0 aliphatic rings. The number of carbonyl (C=O) groups excluding carboxylic acids is 1. The summed E-state index contributed by atoms with van der Waals surface area (Å²) in [6, 6.07) is 0. The summed E-state index contributed by atoms with van der Waals surface area (Å²) in [5.74, 6) is -0.289. The number of hydrogen-bond acceptors (Lipinski definition) is 3. The van der Waals surface area contributed by atoms with E-state index in [9.17, 15) is 13.2 Å². The van der Waals surface area contributed by atoms with Crippen molar-refractivity contribution in [3.63, 3.8) is 0 Å². The first kappa shape index (κ1) is 9.07. The molecule has 0 unspecified atom stereocenters. The molecule has 0 N–H and O–H groups in total. The van der Waals surface area contributed by atoms with Gasteiger partial charge in [-0.3, -0.25) is 0 Å². The molecule has 0 aromatic rings. The number of hydrogen-bond donors (Lipinski definition) is 0. The summed E-state index contributed by atoms with van der Waals surface area (Å²) in [6.07, 6.45) is 0.959. The molecule has 0 aliphatic heterocycles. The van der Waals surface area contributed by atoms with Crippen molar-refractivity contribution in [1.82, 2.24) is 0 Å². The van der Waals surface area contributed by atoms with Gasteiger partial charge < -0.3 is 0 Å². The van der Waals surface area contributed by atoms with Crippen molar-refractivity contribution in [2.75, 3.05) is 5.75 Å². The van der Waals surface area contributed by atoms with Crippen LogP contribution in [-0.2, 0) is 14.8 Å². The standard InChI is InChI=1S/C5H7NO3S/c1-5(2)3-10(8,9)6-4-7/h1,3H2,2H3. The third kappa shape index (κ3) is 4.00. The zero-order valence-corrected chi connectivity index (χ0v) is 6.31. The summed E-state index contributed by atoms with van der Waals surface area (Å²) in [6.45, 7) is 4.89. The molecule has 0 saturated heterocycles. The van der Waals surface area contributed by atoms with Gasteiger partial charge in [0, 0.05) is 0 Å². The van der Waals surface area contributed by atoms with Crippen molar-refractivity contribution in [3.05, 3.63) is 12.2 Å². The van der Waals surface area contributed by atoms with Crippen LogP contribution in [0, 0.1) is 0 Å². The third-order valence-electron chi connectivity index (χ3n) is 0.605. The fourth-order valence-electron chi connectivity index (χ4n) is 0.400. The first-order valence-corrected chi connectivity index (χ1v) is 4.05. The molecule has 0 aliphatic carbocycles. The average molecular weight is 161 g/mol. The summed E-state index contributed by atoms with van der Waals surface area (Å²) in [7, 11) is -3.63. The Morgan fingerprint density at radius 1 is 1.70 bits per heavy atom. The van der Waals surface area contributed by atoms with Crippen molar-refractivity contribution in [2.24, 2.45) is 4.40 Å². The van der Waals surface area contributed by atoms with E-state index in [0.717, 1.165) is 6.08 Å². The monoisotopic (exact) mass is 161 g/mol. The minimum atomic E-state index is -3.63. The molecule has 4 nitrogen and oxygen atoms in total. The van der Waals surface area contributed by atoms with E-state index in [1.807, 2.05) is 0 Å². The molecule has 10 heavy (non-hydrogen) atoms. The number of nitrogens with zero attached hydrogens (tertiary/aromatic N) is 1. The van der Waals surface area contributed by atoms with Gasteiger partial charge in [-0.05, 0) is 6.92 Å². The van der Waals surface area contributed by atoms with Crippen LogP contribution in [0.3, 0.4) is 0 Å². The lowest BCUT2D eigenvalue weighted by Gasteiger charge is -1.91. The Morgan fingerprint density at radius 2 is 2.20 bits per heavy atom. The van der Waals surface area contributed by atoms with Crippen molar-refractivity contribution in [1.29, 1.82) is 0 Å². The third-order valence-corrected chi connectivity index (χ3v) is 1.82. The van der Waals surface area contributed by atoms with Crippen LogP contribution in [0.2, 0.25) is 0 Å². The van der Waals surface area contributed by atoms with Gasteiger partial charge in [-0.15, -0.1) is 0 Å². The van der Waals surface area contributed by atoms with Crippen LogP contribution in [0.1, 0.15) is 6.92 Å². The molecule has 0 rings (SSSR count). The van der Waals surface area contributed by atoms with E-state index in [0.29, 0.717) is 5.57 Å². The Bertz CT molecular complexity index is 271. The van der Waals surface area contributed by atoms with Gasteiger partial charge >= 0.3 is 0 Å². The van der Waals surface area contributed by atoms with Crippen LogP contribution in [0.4, 0.5) is 0 Å². The lowest BCUT2D eigenvalue weighted by molar-refractivity contribution is 0.564. The summed E-state index contributed by atoms with van der Waals surface area (Å²) in [5.41, 5.74) is 0.444. The highest BCUT2D eigenvalue weighted by molar-refractivity contribution is 7.90. The molecule has 5 heteroatoms. The zero-order valence-electron chi connectivity index (χ0n) is 5.49. The van der Waals surface area contributed by atoms with Gasteiger partial charge in [0.25, 0.3) is 16.1 Å². The minimum Gasteiger partial charge on any atom is -0.210 e. The normalized spacial score (nSPS) is 10.1. The molecule has 0 bridgehead atoms. The van der Waals surface area contributed by atoms with Crippen molar-refractivity contribution in [3.8, 4) is 0 Å². The molecule has 0 atom stereocenters. The largest absolute Gasteiger partial charge is 0.267 e. The molecule has 56 valence electrons. The summed E-state index contributed by atoms with van der Waals surface area (Å²) < 4.78 is 23.7. The first-order valence-electron chi connectivity index (χ1n) is 2.44. The molecule has 0 saturated carbocycles. The van der Waals surface area contributed by atoms with Gasteiger partial charge in [0.2, 0.25) is 0 Å². The lowest BCUT2D eigenvalue weighted by Crippen LogP contribution is -2.01. The fourth-order valence-corrected chi connectivity index (χ4v) is 1.20. The number of isocyanates is 1. The van der Waals surface area contributed by atoms with Crippen molar-refractivity contribution >= 4 is 16.1 Å². The van der Waals surface area contributed by atoms with Crippen LogP contribution in [-0.4, -0.2) is 20.3 Å². The van der Waals surface area contributed by atoms with Crippen molar-refractivity contribution < 1.29 is 13.2 Å². The molecular formula is C5H7NO3S. The van der Waals surface area contributed by atoms with Gasteiger partial charge in [-0.1, -0.05) is 16.5 Å². The number of sulfonamides is 1. The minimum absolute atomic E-state index is 0.289. The highest BCUT2D eigenvalue weighted by atomic mass is 32.2. The molecule has 0 aromatic carbocycles. The van der Waals surface area contributed by atoms with E-state index < -0.39 is 10.0 Å². The van der Waals surface area contributed by atoms with E-state index in [4.69, 9.17) is 0 Å². The van der Waals surface area contributed by atoms with E-state index in [1.165, 1.54) is 6.92 Å². The van der Waals surface area contributed by atoms with Crippen LogP contribution < -0.4 is 0 Å². The Morgan fingerprint density at radius 3 is 2.50 bits per heavy atom. The van der Waals surface area contributed by atoms with Crippen LogP contribution in [0.5, 0.6) is 0 Å². The maximum atomic E-state index is 10.6. The van der Waals surface area contributed by atoms with Gasteiger partial charge in [-0.25, -0.2) is 13.2 Å². The Balaban J connectivity index is 4.45. The van der Waals surface area contributed by atoms with Crippen LogP contribution >= 0.6 is 0 Å². The summed E-state index contributed by atoms with van der Waals surface area (Å²) >= 11 is 0. The predicted molar refractivity (Wildman–Crippen MR) is 36.7 cm³/mol. The predicted octanol–water partition coefficient (Wildman–Crippen LogP) is 0.228. The molecule has 0 aromatic heterocycles. The fraction of sp³-hybridized carbons (Fsp3) is 0.400. The average Bonchev–Trinajstić information content (AvgIpc) is 1.59. The van der Waals surface area contributed by atoms with Crippen LogP contribution in [0.15, 0.2) is 16.5 Å². The Labute approximate surface area is 59.3 Å². The Hall–Kier alpha value is -0.930. The van der Waals surface area contributed by atoms with E-state index in [1.54, 1.807) is 0 Å². The summed E-state index contributed by atoms with van der Waals surface area (Å²) in [5, 5.41) is 0. The second kappa shape index (κ2) is 3.29. The van der Waals surface area contributed by atoms with Gasteiger partial charge in [-0.2, -0.15) is 0 Å². The molecule has 0 spiro atoms. The maximum Gasteiger partial charge on any atom is 0.267 e. The zero-order chi connectivity index (χ0) is 8.20. The topological polar surface area (TPSA) is 63.6 Å². The quantitative estimate of drug-likeness (QED) is 0.338. The molecule has 0 amide bonds. The van der Waals surface area contributed by atoms with E-state index >= 15 is 0 Å². The number of rotatable bonds is 3. The second-order valence-corrected chi connectivity index (χ2v) is 3.50. The van der Waals surface area contributed by atoms with E-state index in [-0.39, 0.29) is 5.75 Å². The van der Waals surface area contributed by atoms with Gasteiger partial charge in [0.1, 0.15) is 0 Å². The highest BCUT2D eigenvalue weighted by Gasteiger charge is 2.06. The lowest BCUT2D eigenvalue weighted by atomic mass is 10.4. The second-order valence-electron chi connectivity index (χ2n) is 1.87. The highest BCUT2D eigenvalue weighted by Crippen LogP contribution is 1.97. The van der Waals surface area contributed by atoms with Gasteiger partial charge in [0.05, 0.1) is 5.75 Å². The molecule has 0 fully saturated rings. The van der Waals surface area contributed by atoms with Crippen LogP contribution in [0.25, 0.3) is 0 Å². The first-order chi connectivity index (χ1) is 4.48. The molecule has 0 heterocycles. The molecular weight excluding hydrogens is 154 g/mol.